The van der Waals surface area contributed by atoms with Crippen molar-refractivity contribution >= 4 is 22.0 Å². The molecule has 8 heteroatoms. The Labute approximate surface area is 142 Å². The van der Waals surface area contributed by atoms with E-state index in [1.165, 1.54) is 6.92 Å². The smallest absolute Gasteiger partial charge is 0.435 e. The third-order valence-corrected chi connectivity index (χ3v) is 5.77. The summed E-state index contributed by atoms with van der Waals surface area (Å²) in [6.45, 7) is 5.32. The number of para-hydroxylation sites is 1. The first kappa shape index (κ1) is 18.5. The Morgan fingerprint density at radius 2 is 2.04 bits per heavy atom. The van der Waals surface area contributed by atoms with E-state index in [-0.39, 0.29) is 19.6 Å². The van der Waals surface area contributed by atoms with Crippen molar-refractivity contribution in [1.29, 1.82) is 0 Å². The average Bonchev–Trinajstić information content (AvgIpc) is 2.80. The molecule has 134 valence electrons. The summed E-state index contributed by atoms with van der Waals surface area (Å²) in [4.78, 5) is 11.6. The van der Waals surface area contributed by atoms with E-state index in [1.54, 1.807) is 24.0 Å². The summed E-state index contributed by atoms with van der Waals surface area (Å²) in [6, 6.07) is 7.24. The molecule has 0 spiro atoms. The van der Waals surface area contributed by atoms with Gasteiger partial charge >= 0.3 is 6.16 Å². The van der Waals surface area contributed by atoms with Crippen molar-refractivity contribution in [3.63, 3.8) is 0 Å². The zero-order valence-corrected chi connectivity index (χ0v) is 14.9. The van der Waals surface area contributed by atoms with Crippen molar-refractivity contribution in [3.8, 4) is 0 Å². The fourth-order valence-electron chi connectivity index (χ4n) is 2.89. The normalized spacial score (nSPS) is 21.2. The molecule has 0 aromatic heterocycles. The quantitative estimate of drug-likeness (QED) is 0.618. The maximum absolute atomic E-state index is 12.0. The van der Waals surface area contributed by atoms with Gasteiger partial charge in [0.05, 0.1) is 13.2 Å². The predicted octanol–water partition coefficient (Wildman–Crippen LogP) is 2.60. The standard InChI is InChI=1S/C16H23NO6S/c1-4-13(23-15(18)22-5-2)11-17-14-9-7-6-8-12(14)10-16(17,3)24(19,20)21/h6-9,13H,4-5,10-11H2,1-3H3,(H,19,20,21). The molecule has 0 bridgehead atoms. The minimum absolute atomic E-state index is 0.141. The van der Waals surface area contributed by atoms with Crippen molar-refractivity contribution in [2.75, 3.05) is 18.1 Å². The van der Waals surface area contributed by atoms with Gasteiger partial charge in [-0.05, 0) is 31.9 Å². The molecule has 2 atom stereocenters. The lowest BCUT2D eigenvalue weighted by atomic mass is 10.1. The van der Waals surface area contributed by atoms with E-state index in [1.807, 2.05) is 19.1 Å². The number of carbonyl (C=O) groups excluding carboxylic acids is 1. The Balaban J connectivity index is 2.31. The predicted molar refractivity (Wildman–Crippen MR) is 89.6 cm³/mol. The fraction of sp³-hybridized carbons (Fsp3) is 0.562. The van der Waals surface area contributed by atoms with Gasteiger partial charge in [-0.1, -0.05) is 25.1 Å². The van der Waals surface area contributed by atoms with Crippen LogP contribution in [0.5, 0.6) is 0 Å². The number of hydrogen-bond acceptors (Lipinski definition) is 6. The largest absolute Gasteiger partial charge is 0.508 e. The third kappa shape index (κ3) is 3.49. The van der Waals surface area contributed by atoms with Crippen molar-refractivity contribution in [2.24, 2.45) is 0 Å². The lowest BCUT2D eigenvalue weighted by Crippen LogP contribution is -2.53. The molecule has 0 saturated carbocycles. The fourth-order valence-corrected chi connectivity index (χ4v) is 3.68. The van der Waals surface area contributed by atoms with Gasteiger partial charge < -0.3 is 14.4 Å². The van der Waals surface area contributed by atoms with Gasteiger partial charge in [0, 0.05) is 12.1 Å². The maximum Gasteiger partial charge on any atom is 0.508 e. The molecular formula is C16H23NO6S. The van der Waals surface area contributed by atoms with Gasteiger partial charge in [-0.2, -0.15) is 8.42 Å². The van der Waals surface area contributed by atoms with Crippen LogP contribution < -0.4 is 4.90 Å². The molecule has 7 nitrogen and oxygen atoms in total. The first-order valence-electron chi connectivity index (χ1n) is 7.89. The zero-order valence-electron chi connectivity index (χ0n) is 14.1. The lowest BCUT2D eigenvalue weighted by Gasteiger charge is -2.36. The summed E-state index contributed by atoms with van der Waals surface area (Å²) in [6.07, 6.45) is -0.696. The lowest BCUT2D eigenvalue weighted by molar-refractivity contribution is 0.0267. The number of hydrogen-bond donors (Lipinski definition) is 1. The van der Waals surface area contributed by atoms with Gasteiger partial charge in [-0.25, -0.2) is 4.79 Å². The topological polar surface area (TPSA) is 93.1 Å². The van der Waals surface area contributed by atoms with Gasteiger partial charge in [0.1, 0.15) is 6.10 Å². The molecule has 2 rings (SSSR count). The molecule has 1 aromatic carbocycles. The molecule has 1 heterocycles. The SMILES string of the molecule is CCOC(=O)OC(CC)CN1c2ccccc2CC1(C)S(=O)(=O)O. The van der Waals surface area contributed by atoms with Crippen LogP contribution in [-0.4, -0.2) is 43.3 Å². The van der Waals surface area contributed by atoms with Crippen LogP contribution in [0.3, 0.4) is 0 Å². The van der Waals surface area contributed by atoms with Gasteiger partial charge in [-0.15, -0.1) is 0 Å². The van der Waals surface area contributed by atoms with E-state index in [4.69, 9.17) is 9.47 Å². The van der Waals surface area contributed by atoms with Crippen LogP contribution in [0.15, 0.2) is 24.3 Å². The summed E-state index contributed by atoms with van der Waals surface area (Å²) >= 11 is 0. The van der Waals surface area contributed by atoms with E-state index in [9.17, 15) is 17.8 Å². The molecule has 24 heavy (non-hydrogen) atoms. The van der Waals surface area contributed by atoms with E-state index in [0.29, 0.717) is 12.1 Å². The molecule has 0 saturated heterocycles. The number of ether oxygens (including phenoxy) is 2. The minimum atomic E-state index is -4.36. The highest BCUT2D eigenvalue weighted by Gasteiger charge is 2.50. The zero-order chi connectivity index (χ0) is 18.0. The highest BCUT2D eigenvalue weighted by Crippen LogP contribution is 2.41. The Bertz CT molecular complexity index is 704. The molecule has 0 fully saturated rings. The van der Waals surface area contributed by atoms with Gasteiger partial charge in [-0.3, -0.25) is 4.55 Å². The summed E-state index contributed by atoms with van der Waals surface area (Å²) in [5, 5.41) is 0. The summed E-state index contributed by atoms with van der Waals surface area (Å²) in [7, 11) is -4.36. The van der Waals surface area contributed by atoms with Crippen molar-refractivity contribution in [2.45, 2.75) is 44.6 Å². The third-order valence-electron chi connectivity index (χ3n) is 4.29. The Kier molecular flexibility index (Phi) is 5.39. The molecule has 1 aromatic rings. The number of carbonyl (C=O) groups is 1. The van der Waals surface area contributed by atoms with E-state index in [2.05, 4.69) is 0 Å². The Morgan fingerprint density at radius 1 is 1.38 bits per heavy atom. The van der Waals surface area contributed by atoms with E-state index >= 15 is 0 Å². The molecular weight excluding hydrogens is 334 g/mol. The highest BCUT2D eigenvalue weighted by molar-refractivity contribution is 7.87. The van der Waals surface area contributed by atoms with E-state index in [0.717, 1.165) is 5.56 Å². The Morgan fingerprint density at radius 3 is 2.62 bits per heavy atom. The molecule has 1 aliphatic rings. The van der Waals surface area contributed by atoms with Crippen LogP contribution in [0.25, 0.3) is 0 Å². The van der Waals surface area contributed by atoms with Crippen LogP contribution in [0.2, 0.25) is 0 Å². The number of benzene rings is 1. The van der Waals surface area contributed by atoms with Crippen molar-refractivity contribution in [3.05, 3.63) is 29.8 Å². The number of anilines is 1. The number of fused-ring (bicyclic) bond motifs is 1. The van der Waals surface area contributed by atoms with Crippen LogP contribution in [0.4, 0.5) is 10.5 Å². The first-order valence-corrected chi connectivity index (χ1v) is 9.33. The molecule has 1 aliphatic heterocycles. The van der Waals surface area contributed by atoms with Crippen LogP contribution in [0.1, 0.15) is 32.8 Å². The Hall–Kier alpha value is -1.80. The average molecular weight is 357 g/mol. The summed E-state index contributed by atoms with van der Waals surface area (Å²) in [5.74, 6) is 0. The van der Waals surface area contributed by atoms with Crippen LogP contribution in [0, 0.1) is 0 Å². The van der Waals surface area contributed by atoms with Crippen LogP contribution >= 0.6 is 0 Å². The summed E-state index contributed by atoms with van der Waals surface area (Å²) < 4.78 is 43.8. The molecule has 1 N–H and O–H groups in total. The van der Waals surface area contributed by atoms with Crippen molar-refractivity contribution in [1.82, 2.24) is 0 Å². The van der Waals surface area contributed by atoms with Gasteiger partial charge in [0.2, 0.25) is 0 Å². The summed E-state index contributed by atoms with van der Waals surface area (Å²) in [5.41, 5.74) is 1.53. The molecule has 0 aliphatic carbocycles. The second-order valence-corrected chi connectivity index (χ2v) is 7.73. The minimum Gasteiger partial charge on any atom is -0.435 e. The second kappa shape index (κ2) is 6.98. The number of rotatable bonds is 6. The second-order valence-electron chi connectivity index (χ2n) is 5.90. The van der Waals surface area contributed by atoms with E-state index < -0.39 is 27.2 Å². The molecule has 2 unspecified atom stereocenters. The van der Waals surface area contributed by atoms with Crippen LogP contribution in [-0.2, 0) is 26.0 Å². The first-order chi connectivity index (χ1) is 11.2. The highest BCUT2D eigenvalue weighted by atomic mass is 32.2. The van der Waals surface area contributed by atoms with Gasteiger partial charge in [0.15, 0.2) is 4.87 Å². The van der Waals surface area contributed by atoms with Crippen molar-refractivity contribution < 1.29 is 27.2 Å². The monoisotopic (exact) mass is 357 g/mol. The molecule has 0 amide bonds. The number of nitrogens with zero attached hydrogens (tertiary/aromatic N) is 1. The van der Waals surface area contributed by atoms with Gasteiger partial charge in [0.25, 0.3) is 10.1 Å². The maximum atomic E-state index is 12.0. The molecule has 0 radical (unpaired) electrons.